The molecule has 4 N–H and O–H groups in total. The Hall–Kier alpha value is -3.07. The van der Waals surface area contributed by atoms with Gasteiger partial charge in [-0.2, -0.15) is 0 Å². The van der Waals surface area contributed by atoms with E-state index in [-0.39, 0.29) is 23.7 Å². The van der Waals surface area contributed by atoms with Crippen molar-refractivity contribution in [2.24, 2.45) is 0 Å². The van der Waals surface area contributed by atoms with E-state index in [1.54, 1.807) is 0 Å². The third-order valence-electron chi connectivity index (χ3n) is 2.89. The van der Waals surface area contributed by atoms with Crippen LogP contribution < -0.4 is 11.1 Å². The number of nitro benzene ring substituents is 1. The summed E-state index contributed by atoms with van der Waals surface area (Å²) in [4.78, 5) is 29.4. The van der Waals surface area contributed by atoms with E-state index in [9.17, 15) is 20.0 Å². The standard InChI is InChI=1S/C13H13N5O4/c14-12-11(15-5-6-16-12)13(20)17-7-10(19)8-1-3-9(4-2-8)18(21)22/h1-6,10,19H,7H2,(H2,14,16)(H,17,20)/t10-/m1/s1. The highest BCUT2D eigenvalue weighted by Gasteiger charge is 2.15. The van der Waals surface area contributed by atoms with E-state index in [0.29, 0.717) is 5.56 Å². The zero-order valence-corrected chi connectivity index (χ0v) is 11.3. The molecular weight excluding hydrogens is 290 g/mol. The second-order valence-corrected chi connectivity index (χ2v) is 4.36. The quantitative estimate of drug-likeness (QED) is 0.536. The SMILES string of the molecule is Nc1nccnc1C(=O)NC[C@@H](O)c1ccc([N+](=O)[O-])cc1. The fourth-order valence-corrected chi connectivity index (χ4v) is 1.73. The van der Waals surface area contributed by atoms with Gasteiger partial charge in [0.1, 0.15) is 0 Å². The number of aliphatic hydroxyl groups excluding tert-OH is 1. The molecule has 1 aromatic heterocycles. The number of carbonyl (C=O) groups excluding carboxylic acids is 1. The molecule has 9 heteroatoms. The van der Waals surface area contributed by atoms with E-state index in [1.807, 2.05) is 0 Å². The van der Waals surface area contributed by atoms with Gasteiger partial charge in [-0.15, -0.1) is 0 Å². The number of nitro groups is 1. The van der Waals surface area contributed by atoms with Crippen molar-refractivity contribution in [1.29, 1.82) is 0 Å². The lowest BCUT2D eigenvalue weighted by atomic mass is 10.1. The molecule has 9 nitrogen and oxygen atoms in total. The van der Waals surface area contributed by atoms with E-state index in [2.05, 4.69) is 15.3 Å². The van der Waals surface area contributed by atoms with E-state index >= 15 is 0 Å². The van der Waals surface area contributed by atoms with Crippen LogP contribution in [0.2, 0.25) is 0 Å². The first-order valence-corrected chi connectivity index (χ1v) is 6.26. The van der Waals surface area contributed by atoms with Crippen LogP contribution in [0.5, 0.6) is 0 Å². The molecule has 22 heavy (non-hydrogen) atoms. The number of aromatic nitrogens is 2. The van der Waals surface area contributed by atoms with Gasteiger partial charge in [0.2, 0.25) is 0 Å². The average Bonchev–Trinajstić information content (AvgIpc) is 2.52. The summed E-state index contributed by atoms with van der Waals surface area (Å²) in [5, 5.41) is 23.0. The molecule has 0 spiro atoms. The molecule has 1 amide bonds. The molecule has 0 aliphatic rings. The van der Waals surface area contributed by atoms with Gasteiger partial charge in [0.15, 0.2) is 11.5 Å². The van der Waals surface area contributed by atoms with Gasteiger partial charge in [-0.05, 0) is 17.7 Å². The van der Waals surface area contributed by atoms with Crippen molar-refractivity contribution in [2.75, 3.05) is 12.3 Å². The van der Waals surface area contributed by atoms with Crippen LogP contribution in [0.25, 0.3) is 0 Å². The Kier molecular flexibility index (Phi) is 4.59. The minimum Gasteiger partial charge on any atom is -0.387 e. The number of non-ortho nitro benzene ring substituents is 1. The molecular formula is C13H13N5O4. The summed E-state index contributed by atoms with van der Waals surface area (Å²) < 4.78 is 0. The van der Waals surface area contributed by atoms with Gasteiger partial charge in [-0.1, -0.05) is 0 Å². The Bertz CT molecular complexity index is 689. The average molecular weight is 303 g/mol. The highest BCUT2D eigenvalue weighted by Crippen LogP contribution is 2.17. The number of nitrogen functional groups attached to an aromatic ring is 1. The van der Waals surface area contributed by atoms with E-state index in [1.165, 1.54) is 36.7 Å². The molecule has 114 valence electrons. The van der Waals surface area contributed by atoms with Crippen molar-refractivity contribution in [3.63, 3.8) is 0 Å². The molecule has 0 saturated carbocycles. The first kappa shape index (κ1) is 15.3. The molecule has 0 unspecified atom stereocenters. The van der Waals surface area contributed by atoms with Crippen molar-refractivity contribution >= 4 is 17.4 Å². The number of carbonyl (C=O) groups is 1. The molecule has 1 heterocycles. The monoisotopic (exact) mass is 303 g/mol. The second kappa shape index (κ2) is 6.59. The summed E-state index contributed by atoms with van der Waals surface area (Å²) in [5.41, 5.74) is 5.86. The highest BCUT2D eigenvalue weighted by molar-refractivity contribution is 5.96. The summed E-state index contributed by atoms with van der Waals surface area (Å²) in [6.45, 7) is -0.0906. The van der Waals surface area contributed by atoms with Crippen LogP contribution in [-0.2, 0) is 0 Å². The van der Waals surface area contributed by atoms with Crippen molar-refractivity contribution in [1.82, 2.24) is 15.3 Å². The van der Waals surface area contributed by atoms with Crippen LogP contribution in [0, 0.1) is 10.1 Å². The van der Waals surface area contributed by atoms with Crippen molar-refractivity contribution < 1.29 is 14.8 Å². The van der Waals surface area contributed by atoms with E-state index < -0.39 is 16.9 Å². The van der Waals surface area contributed by atoms with Crippen molar-refractivity contribution in [3.05, 3.63) is 58.0 Å². The van der Waals surface area contributed by atoms with E-state index in [4.69, 9.17) is 5.73 Å². The number of hydrogen-bond donors (Lipinski definition) is 3. The Labute approximate surface area is 125 Å². The molecule has 0 saturated heterocycles. The predicted octanol–water partition coefficient (Wildman–Crippen LogP) is 0.430. The Morgan fingerprint density at radius 3 is 2.55 bits per heavy atom. The number of anilines is 1. The summed E-state index contributed by atoms with van der Waals surface area (Å²) in [6.07, 6.45) is 1.68. The maximum Gasteiger partial charge on any atom is 0.273 e. The lowest BCUT2D eigenvalue weighted by Crippen LogP contribution is -2.30. The number of benzene rings is 1. The van der Waals surface area contributed by atoms with E-state index in [0.717, 1.165) is 0 Å². The minimum atomic E-state index is -1.01. The summed E-state index contributed by atoms with van der Waals surface area (Å²) in [6, 6.07) is 5.40. The number of amides is 1. The molecule has 2 aromatic rings. The van der Waals surface area contributed by atoms with Gasteiger partial charge in [0, 0.05) is 31.1 Å². The number of aliphatic hydroxyl groups is 1. The van der Waals surface area contributed by atoms with Crippen LogP contribution in [0.15, 0.2) is 36.7 Å². The summed E-state index contributed by atoms with van der Waals surface area (Å²) >= 11 is 0. The van der Waals surface area contributed by atoms with Crippen LogP contribution in [0.1, 0.15) is 22.2 Å². The number of nitrogens with two attached hydrogens (primary N) is 1. The van der Waals surface area contributed by atoms with Crippen LogP contribution in [0.3, 0.4) is 0 Å². The Morgan fingerprint density at radius 2 is 1.95 bits per heavy atom. The van der Waals surface area contributed by atoms with Gasteiger partial charge in [0.05, 0.1) is 11.0 Å². The van der Waals surface area contributed by atoms with Gasteiger partial charge >= 0.3 is 0 Å². The van der Waals surface area contributed by atoms with Crippen LogP contribution in [0.4, 0.5) is 11.5 Å². The molecule has 2 rings (SSSR count). The topological polar surface area (TPSA) is 144 Å². The third kappa shape index (κ3) is 3.52. The molecule has 0 radical (unpaired) electrons. The van der Waals surface area contributed by atoms with Crippen molar-refractivity contribution in [3.8, 4) is 0 Å². The summed E-state index contributed by atoms with van der Waals surface area (Å²) in [5.74, 6) is -0.573. The lowest BCUT2D eigenvalue weighted by Gasteiger charge is -2.12. The zero-order valence-electron chi connectivity index (χ0n) is 11.3. The molecule has 1 atom stereocenters. The molecule has 1 aromatic carbocycles. The fraction of sp³-hybridized carbons (Fsp3) is 0.154. The zero-order chi connectivity index (χ0) is 16.1. The van der Waals surface area contributed by atoms with Crippen molar-refractivity contribution in [2.45, 2.75) is 6.10 Å². The second-order valence-electron chi connectivity index (χ2n) is 4.36. The molecule has 0 aliphatic carbocycles. The number of nitrogens with one attached hydrogen (secondary N) is 1. The Balaban J connectivity index is 1.97. The Morgan fingerprint density at radius 1 is 1.32 bits per heavy atom. The maximum atomic E-state index is 11.9. The smallest absolute Gasteiger partial charge is 0.273 e. The van der Waals surface area contributed by atoms with Crippen LogP contribution in [-0.4, -0.2) is 32.4 Å². The largest absolute Gasteiger partial charge is 0.387 e. The minimum absolute atomic E-state index is 0.00942. The van der Waals surface area contributed by atoms with Gasteiger partial charge in [0.25, 0.3) is 11.6 Å². The third-order valence-corrected chi connectivity index (χ3v) is 2.89. The predicted molar refractivity (Wildman–Crippen MR) is 76.8 cm³/mol. The number of rotatable bonds is 5. The lowest BCUT2D eigenvalue weighted by molar-refractivity contribution is -0.384. The molecule has 0 bridgehead atoms. The molecule has 0 aliphatic heterocycles. The number of nitrogens with zero attached hydrogens (tertiary/aromatic N) is 3. The molecule has 0 fully saturated rings. The van der Waals surface area contributed by atoms with Gasteiger partial charge < -0.3 is 16.2 Å². The van der Waals surface area contributed by atoms with Crippen LogP contribution >= 0.6 is 0 Å². The highest BCUT2D eigenvalue weighted by atomic mass is 16.6. The summed E-state index contributed by atoms with van der Waals surface area (Å²) in [7, 11) is 0. The fourth-order valence-electron chi connectivity index (χ4n) is 1.73. The maximum absolute atomic E-state index is 11.9. The normalized spacial score (nSPS) is 11.7. The van der Waals surface area contributed by atoms with Gasteiger partial charge in [-0.3, -0.25) is 14.9 Å². The van der Waals surface area contributed by atoms with Gasteiger partial charge in [-0.25, -0.2) is 9.97 Å². The first-order chi connectivity index (χ1) is 10.5. The first-order valence-electron chi connectivity index (χ1n) is 6.26. The number of hydrogen-bond acceptors (Lipinski definition) is 7.